The number of hydrogen-bond acceptors (Lipinski definition) is 6. The zero-order chi connectivity index (χ0) is 26.0. The number of nitrogen functional groups attached to an aromatic ring is 1. The van der Waals surface area contributed by atoms with Gasteiger partial charge in [-0.3, -0.25) is 4.79 Å². The number of carbonyl (C=O) groups is 1. The summed E-state index contributed by atoms with van der Waals surface area (Å²) in [4.78, 5) is 13.0. The Morgan fingerprint density at radius 1 is 0.971 bits per heavy atom. The first-order chi connectivity index (χ1) is 16.7. The quantitative estimate of drug-likeness (QED) is 0.183. The topological polar surface area (TPSA) is 82.8 Å². The molecule has 0 saturated carbocycles. The minimum Gasteiger partial charge on any atom is -0.496 e. The van der Waals surface area contributed by atoms with Gasteiger partial charge in [0, 0.05) is 19.2 Å². The first-order valence-electron chi connectivity index (χ1n) is 11.4. The van der Waals surface area contributed by atoms with Crippen LogP contribution in [0.5, 0.6) is 11.5 Å². The fraction of sp³-hybridized carbons (Fsp3) is 0.321. The maximum Gasteiger partial charge on any atom is 0.198 e. The van der Waals surface area contributed by atoms with E-state index in [-0.39, 0.29) is 5.78 Å². The number of nitrogens with two attached hydrogens (primary N) is 1. The average Bonchev–Trinajstić information content (AvgIpc) is 2.87. The fourth-order valence-corrected chi connectivity index (χ4v) is 3.86. The lowest BCUT2D eigenvalue weighted by Crippen LogP contribution is -2.13. The van der Waals surface area contributed by atoms with Crippen molar-refractivity contribution in [1.29, 1.82) is 0 Å². The number of aryl methyl sites for hydroxylation is 1. The van der Waals surface area contributed by atoms with Crippen molar-refractivity contribution < 1.29 is 19.0 Å². The number of carbonyl (C=O) groups excluding carboxylic acids is 1. The predicted octanol–water partition coefficient (Wildman–Crippen LogP) is 6.46. The fourth-order valence-electron chi connectivity index (χ4n) is 3.37. The highest BCUT2D eigenvalue weighted by Crippen LogP contribution is 2.40. The van der Waals surface area contributed by atoms with Crippen LogP contribution >= 0.6 is 15.9 Å². The molecule has 188 valence electrons. The van der Waals surface area contributed by atoms with Gasteiger partial charge < -0.3 is 25.3 Å². The molecule has 0 aromatic heterocycles. The number of nitrogens with one attached hydrogen (secondary N) is 1. The van der Waals surface area contributed by atoms with Gasteiger partial charge in [-0.25, -0.2) is 0 Å². The maximum absolute atomic E-state index is 13.0. The third kappa shape index (κ3) is 7.47. The normalized spacial score (nSPS) is 10.4. The van der Waals surface area contributed by atoms with E-state index in [2.05, 4.69) is 66.3 Å². The van der Waals surface area contributed by atoms with E-state index in [1.807, 2.05) is 6.07 Å². The van der Waals surface area contributed by atoms with Gasteiger partial charge in [-0.15, -0.1) is 0 Å². The molecular weight excluding hydrogens is 508 g/mol. The number of methoxy groups -OCH3 is 3. The van der Waals surface area contributed by atoms with Crippen molar-refractivity contribution in [3.05, 3.63) is 81.3 Å². The Labute approximate surface area is 216 Å². The number of hydrogen-bond donors (Lipinski definition) is 2. The van der Waals surface area contributed by atoms with Crippen molar-refractivity contribution in [3.63, 3.8) is 0 Å². The minimum absolute atomic E-state index is 0.210. The molecular formula is C28H35BrN2O4. The molecule has 0 aliphatic heterocycles. The number of anilines is 2. The summed E-state index contributed by atoms with van der Waals surface area (Å²) in [5.41, 5.74) is 10.8. The molecule has 3 aromatic rings. The molecule has 0 saturated heterocycles. The molecule has 6 nitrogen and oxygen atoms in total. The van der Waals surface area contributed by atoms with Crippen molar-refractivity contribution in [3.8, 4) is 11.5 Å². The number of para-hydroxylation sites is 1. The maximum atomic E-state index is 13.0. The van der Waals surface area contributed by atoms with Gasteiger partial charge in [0.25, 0.3) is 0 Å². The van der Waals surface area contributed by atoms with Crippen molar-refractivity contribution in [2.75, 3.05) is 45.5 Å². The largest absolute Gasteiger partial charge is 0.496 e. The lowest BCUT2D eigenvalue weighted by molar-refractivity contribution is 0.103. The summed E-state index contributed by atoms with van der Waals surface area (Å²) in [5, 5.41) is 3.16. The van der Waals surface area contributed by atoms with Crippen LogP contribution in [0.3, 0.4) is 0 Å². The molecule has 7 heteroatoms. The number of ether oxygens (including phenoxy) is 3. The van der Waals surface area contributed by atoms with E-state index in [0.29, 0.717) is 57.5 Å². The second-order valence-electron chi connectivity index (χ2n) is 8.24. The van der Waals surface area contributed by atoms with Crippen molar-refractivity contribution in [1.82, 2.24) is 0 Å². The van der Waals surface area contributed by atoms with Crippen LogP contribution in [0.2, 0.25) is 0 Å². The highest BCUT2D eigenvalue weighted by atomic mass is 79.9. The molecule has 0 unspecified atom stereocenters. The van der Waals surface area contributed by atoms with Crippen LogP contribution in [0.4, 0.5) is 11.4 Å². The molecule has 35 heavy (non-hydrogen) atoms. The van der Waals surface area contributed by atoms with E-state index < -0.39 is 0 Å². The van der Waals surface area contributed by atoms with Crippen LogP contribution in [-0.2, 0) is 4.74 Å². The Morgan fingerprint density at radius 2 is 1.60 bits per heavy atom. The monoisotopic (exact) mass is 542 g/mol. The SMILES string of the molecule is COCCNc1c(OC)cc(C(=O)c2ccccc2OC)c(Br)c1N.Cc1ccc(C(C)C)cc1. The van der Waals surface area contributed by atoms with Crippen LogP contribution in [-0.4, -0.2) is 40.3 Å². The van der Waals surface area contributed by atoms with Crippen molar-refractivity contribution >= 4 is 33.1 Å². The molecule has 3 N–H and O–H groups in total. The van der Waals surface area contributed by atoms with Gasteiger partial charge in [0.2, 0.25) is 0 Å². The molecule has 0 aliphatic carbocycles. The lowest BCUT2D eigenvalue weighted by Gasteiger charge is -2.17. The summed E-state index contributed by atoms with van der Waals surface area (Å²) in [6.07, 6.45) is 0. The number of rotatable bonds is 9. The lowest BCUT2D eigenvalue weighted by atomic mass is 10.0. The van der Waals surface area contributed by atoms with E-state index in [0.717, 1.165) is 0 Å². The first kappa shape index (κ1) is 28.2. The zero-order valence-electron chi connectivity index (χ0n) is 21.3. The van der Waals surface area contributed by atoms with E-state index >= 15 is 0 Å². The predicted molar refractivity (Wildman–Crippen MR) is 147 cm³/mol. The number of ketones is 1. The van der Waals surface area contributed by atoms with Gasteiger partial charge in [0.15, 0.2) is 5.78 Å². The van der Waals surface area contributed by atoms with Gasteiger partial charge in [-0.1, -0.05) is 55.8 Å². The van der Waals surface area contributed by atoms with Crippen molar-refractivity contribution in [2.45, 2.75) is 26.7 Å². The second-order valence-corrected chi connectivity index (χ2v) is 9.04. The number of benzene rings is 3. The number of halogens is 1. The summed E-state index contributed by atoms with van der Waals surface area (Å²) in [5.74, 6) is 1.42. The third-order valence-electron chi connectivity index (χ3n) is 5.43. The molecule has 0 amide bonds. The minimum atomic E-state index is -0.210. The van der Waals surface area contributed by atoms with E-state index in [4.69, 9.17) is 19.9 Å². The second kappa shape index (κ2) is 13.8. The Morgan fingerprint density at radius 3 is 2.17 bits per heavy atom. The molecule has 0 spiro atoms. The smallest absolute Gasteiger partial charge is 0.198 e. The zero-order valence-corrected chi connectivity index (χ0v) is 22.9. The van der Waals surface area contributed by atoms with Crippen LogP contribution < -0.4 is 20.5 Å². The Bertz CT molecular complexity index is 1110. The van der Waals surface area contributed by atoms with E-state index in [9.17, 15) is 4.79 Å². The van der Waals surface area contributed by atoms with Gasteiger partial charge in [0.05, 0.1) is 36.6 Å². The molecule has 3 aromatic carbocycles. The van der Waals surface area contributed by atoms with Gasteiger partial charge in [0.1, 0.15) is 17.2 Å². The van der Waals surface area contributed by atoms with Crippen LogP contribution in [0.15, 0.2) is 59.1 Å². The molecule has 0 bridgehead atoms. The Kier molecular flexibility index (Phi) is 11.1. The standard InChI is InChI=1S/C18H21BrN2O4.C10H14/c1-23-9-8-21-17-14(25-3)10-12(15(19)16(17)20)18(22)11-6-4-5-7-13(11)24-2;1-8(2)10-6-4-9(3)5-7-10/h4-7,10,21H,8-9,20H2,1-3H3;4-8H,1-3H3. The average molecular weight is 544 g/mol. The third-order valence-corrected chi connectivity index (χ3v) is 6.29. The molecule has 0 atom stereocenters. The van der Waals surface area contributed by atoms with Crippen LogP contribution in [0.1, 0.15) is 46.8 Å². The van der Waals surface area contributed by atoms with Gasteiger partial charge in [-0.2, -0.15) is 0 Å². The molecule has 3 rings (SSSR count). The van der Waals surface area contributed by atoms with Gasteiger partial charge >= 0.3 is 0 Å². The molecule has 0 aliphatic rings. The van der Waals surface area contributed by atoms with E-state index in [1.165, 1.54) is 25.3 Å². The Balaban J connectivity index is 0.000000360. The molecule has 0 radical (unpaired) electrons. The van der Waals surface area contributed by atoms with Crippen LogP contribution in [0.25, 0.3) is 0 Å². The summed E-state index contributed by atoms with van der Waals surface area (Å²) in [7, 11) is 4.67. The summed E-state index contributed by atoms with van der Waals surface area (Å²) >= 11 is 3.43. The van der Waals surface area contributed by atoms with Gasteiger partial charge in [-0.05, 0) is 52.5 Å². The van der Waals surface area contributed by atoms with E-state index in [1.54, 1.807) is 31.4 Å². The summed E-state index contributed by atoms with van der Waals surface area (Å²) < 4.78 is 16.2. The summed E-state index contributed by atoms with van der Waals surface area (Å²) in [6.45, 7) is 7.62. The highest BCUT2D eigenvalue weighted by molar-refractivity contribution is 9.10. The van der Waals surface area contributed by atoms with Crippen LogP contribution in [0, 0.1) is 6.92 Å². The Hall–Kier alpha value is -3.03. The highest BCUT2D eigenvalue weighted by Gasteiger charge is 2.22. The first-order valence-corrected chi connectivity index (χ1v) is 12.2. The van der Waals surface area contributed by atoms with Crippen molar-refractivity contribution in [2.24, 2.45) is 0 Å². The molecule has 0 heterocycles. The summed E-state index contributed by atoms with van der Waals surface area (Å²) in [6, 6.07) is 17.4. The molecule has 0 fully saturated rings.